The molecule has 3 N–H and O–H groups in total. The van der Waals surface area contributed by atoms with Crippen molar-refractivity contribution in [3.05, 3.63) is 23.8 Å². The minimum atomic E-state index is -3.08. The fourth-order valence-electron chi connectivity index (χ4n) is 1.88. The zero-order valence-corrected chi connectivity index (χ0v) is 11.1. The van der Waals surface area contributed by atoms with Crippen LogP contribution in [0.15, 0.2) is 23.1 Å². The molecule has 0 amide bonds. The predicted molar refractivity (Wildman–Crippen MR) is 69.9 cm³/mol. The van der Waals surface area contributed by atoms with Crippen LogP contribution in [0.25, 0.3) is 0 Å². The number of hydrogen-bond donors (Lipinski definition) is 2. The van der Waals surface area contributed by atoms with Crippen LogP contribution in [-0.4, -0.2) is 36.4 Å². The van der Waals surface area contributed by atoms with Crippen LogP contribution >= 0.6 is 11.8 Å². The van der Waals surface area contributed by atoms with Crippen molar-refractivity contribution in [2.75, 3.05) is 17.2 Å². The molecule has 17 heavy (non-hydrogen) atoms. The van der Waals surface area contributed by atoms with Gasteiger partial charge >= 0.3 is 0 Å². The van der Waals surface area contributed by atoms with E-state index in [0.717, 1.165) is 10.5 Å². The standard InChI is InChI=1S/C11H15NO3S2/c1-7-4-8(12)2-3-10(7)16-11-6-17(14,15)5-9(11)13/h2-4,9,11,13H,5-6,12H2,1H3. The van der Waals surface area contributed by atoms with Gasteiger partial charge in [0.25, 0.3) is 0 Å². The Morgan fingerprint density at radius 3 is 2.65 bits per heavy atom. The molecule has 0 aliphatic carbocycles. The van der Waals surface area contributed by atoms with Gasteiger partial charge < -0.3 is 10.8 Å². The van der Waals surface area contributed by atoms with E-state index < -0.39 is 15.9 Å². The largest absolute Gasteiger partial charge is 0.399 e. The highest BCUT2D eigenvalue weighted by Crippen LogP contribution is 2.33. The summed E-state index contributed by atoms with van der Waals surface area (Å²) in [6.45, 7) is 1.93. The SMILES string of the molecule is Cc1cc(N)ccc1SC1CS(=O)(=O)CC1O. The maximum atomic E-state index is 11.4. The quantitative estimate of drug-likeness (QED) is 0.780. The van der Waals surface area contributed by atoms with Crippen molar-refractivity contribution in [3.8, 4) is 0 Å². The summed E-state index contributed by atoms with van der Waals surface area (Å²) in [5.41, 5.74) is 7.34. The zero-order valence-electron chi connectivity index (χ0n) is 9.46. The Bertz CT molecular complexity index is 528. The molecule has 1 aliphatic rings. The highest BCUT2D eigenvalue weighted by molar-refractivity contribution is 8.02. The molecule has 0 spiro atoms. The molecule has 0 bridgehead atoms. The van der Waals surface area contributed by atoms with Crippen molar-refractivity contribution in [3.63, 3.8) is 0 Å². The maximum absolute atomic E-state index is 11.4. The monoisotopic (exact) mass is 273 g/mol. The molecule has 4 nitrogen and oxygen atoms in total. The topological polar surface area (TPSA) is 80.4 Å². The van der Waals surface area contributed by atoms with Crippen molar-refractivity contribution in [2.45, 2.75) is 23.2 Å². The Balaban J connectivity index is 2.17. The van der Waals surface area contributed by atoms with Gasteiger partial charge in [-0.25, -0.2) is 8.42 Å². The number of aliphatic hydroxyl groups excluding tert-OH is 1. The van der Waals surface area contributed by atoms with Crippen LogP contribution in [0.5, 0.6) is 0 Å². The lowest BCUT2D eigenvalue weighted by molar-refractivity contribution is 0.207. The van der Waals surface area contributed by atoms with Gasteiger partial charge in [0.15, 0.2) is 9.84 Å². The second-order valence-corrected chi connectivity index (χ2v) is 7.76. The minimum absolute atomic E-state index is 0.0443. The smallest absolute Gasteiger partial charge is 0.154 e. The summed E-state index contributed by atoms with van der Waals surface area (Å²) in [5.74, 6) is -0.0820. The molecule has 1 saturated heterocycles. The van der Waals surface area contributed by atoms with Gasteiger partial charge in [-0.15, -0.1) is 11.8 Å². The van der Waals surface area contributed by atoms with E-state index in [1.54, 1.807) is 6.07 Å². The molecule has 0 saturated carbocycles. The fourth-order valence-corrected chi connectivity index (χ4v) is 5.48. The molecule has 1 heterocycles. The molecule has 1 aromatic carbocycles. The van der Waals surface area contributed by atoms with Gasteiger partial charge in [-0.05, 0) is 30.7 Å². The molecule has 94 valence electrons. The van der Waals surface area contributed by atoms with Gasteiger partial charge in [-0.3, -0.25) is 0 Å². The average molecular weight is 273 g/mol. The molecule has 2 atom stereocenters. The van der Waals surface area contributed by atoms with Crippen LogP contribution in [0, 0.1) is 6.92 Å². The molecule has 0 aromatic heterocycles. The molecule has 2 unspecified atom stereocenters. The molecular formula is C11H15NO3S2. The molecule has 6 heteroatoms. The van der Waals surface area contributed by atoms with Crippen molar-refractivity contribution >= 4 is 27.3 Å². The summed E-state index contributed by atoms with van der Waals surface area (Å²) < 4.78 is 22.8. The van der Waals surface area contributed by atoms with E-state index in [0.29, 0.717) is 5.69 Å². The van der Waals surface area contributed by atoms with Gasteiger partial charge in [0, 0.05) is 10.6 Å². The van der Waals surface area contributed by atoms with Crippen molar-refractivity contribution < 1.29 is 13.5 Å². The van der Waals surface area contributed by atoms with Crippen LogP contribution in [0.2, 0.25) is 0 Å². The first-order valence-corrected chi connectivity index (χ1v) is 7.99. The van der Waals surface area contributed by atoms with Crippen LogP contribution < -0.4 is 5.73 Å². The summed E-state index contributed by atoms with van der Waals surface area (Å²) in [7, 11) is -3.08. The highest BCUT2D eigenvalue weighted by Gasteiger charge is 2.37. The van der Waals surface area contributed by atoms with E-state index in [-0.39, 0.29) is 16.8 Å². The Labute approximate surface area is 105 Å². The first-order valence-electron chi connectivity index (χ1n) is 5.29. The summed E-state index contributed by atoms with van der Waals surface area (Å²) in [6.07, 6.45) is -0.776. The number of nitrogen functional groups attached to an aromatic ring is 1. The first kappa shape index (κ1) is 12.7. The van der Waals surface area contributed by atoms with Gasteiger partial charge in [0.1, 0.15) is 0 Å². The Morgan fingerprint density at radius 1 is 1.41 bits per heavy atom. The number of rotatable bonds is 2. The minimum Gasteiger partial charge on any atom is -0.399 e. The van der Waals surface area contributed by atoms with E-state index in [9.17, 15) is 13.5 Å². The number of hydrogen-bond acceptors (Lipinski definition) is 5. The van der Waals surface area contributed by atoms with Gasteiger partial charge in [0.05, 0.1) is 22.9 Å². The number of thioether (sulfide) groups is 1. The summed E-state index contributed by atoms with van der Waals surface area (Å²) >= 11 is 1.41. The molecular weight excluding hydrogens is 258 g/mol. The number of anilines is 1. The Morgan fingerprint density at radius 2 is 2.12 bits per heavy atom. The second kappa shape index (κ2) is 4.51. The Hall–Kier alpha value is -0.720. The third-order valence-corrected chi connectivity index (χ3v) is 6.17. The summed E-state index contributed by atoms with van der Waals surface area (Å²) in [5, 5.41) is 9.43. The van der Waals surface area contributed by atoms with Gasteiger partial charge in [-0.2, -0.15) is 0 Å². The second-order valence-electron chi connectivity index (χ2n) is 4.33. The van der Waals surface area contributed by atoms with Gasteiger partial charge in [0.2, 0.25) is 0 Å². The molecule has 1 aliphatic heterocycles. The van der Waals surface area contributed by atoms with E-state index in [1.807, 2.05) is 19.1 Å². The predicted octanol–water partition coefficient (Wildman–Crippen LogP) is 0.827. The van der Waals surface area contributed by atoms with E-state index >= 15 is 0 Å². The zero-order chi connectivity index (χ0) is 12.6. The first-order chi connectivity index (χ1) is 7.87. The van der Waals surface area contributed by atoms with Crippen LogP contribution in [0.4, 0.5) is 5.69 Å². The number of sulfone groups is 1. The summed E-state index contributed by atoms with van der Waals surface area (Å²) in [6, 6.07) is 5.50. The van der Waals surface area contributed by atoms with Crippen LogP contribution in [-0.2, 0) is 9.84 Å². The molecule has 1 fully saturated rings. The summed E-state index contributed by atoms with van der Waals surface area (Å²) in [4.78, 5) is 0.973. The van der Waals surface area contributed by atoms with E-state index in [1.165, 1.54) is 11.8 Å². The van der Waals surface area contributed by atoms with Crippen LogP contribution in [0.1, 0.15) is 5.56 Å². The lowest BCUT2D eigenvalue weighted by Crippen LogP contribution is -2.19. The third-order valence-electron chi connectivity index (χ3n) is 2.75. The maximum Gasteiger partial charge on any atom is 0.154 e. The third kappa shape index (κ3) is 2.94. The highest BCUT2D eigenvalue weighted by atomic mass is 32.2. The Kier molecular flexibility index (Phi) is 3.38. The van der Waals surface area contributed by atoms with Crippen LogP contribution in [0.3, 0.4) is 0 Å². The fraction of sp³-hybridized carbons (Fsp3) is 0.455. The van der Waals surface area contributed by atoms with Gasteiger partial charge in [-0.1, -0.05) is 0 Å². The normalized spacial score (nSPS) is 27.2. The lowest BCUT2D eigenvalue weighted by atomic mass is 10.2. The van der Waals surface area contributed by atoms with E-state index in [2.05, 4.69) is 0 Å². The number of aliphatic hydroxyl groups is 1. The van der Waals surface area contributed by atoms with Crippen molar-refractivity contribution in [1.29, 1.82) is 0 Å². The van der Waals surface area contributed by atoms with Crippen molar-refractivity contribution in [2.24, 2.45) is 0 Å². The number of benzene rings is 1. The van der Waals surface area contributed by atoms with E-state index in [4.69, 9.17) is 5.73 Å². The lowest BCUT2D eigenvalue weighted by Gasteiger charge is -2.14. The molecule has 1 aromatic rings. The van der Waals surface area contributed by atoms with Crippen molar-refractivity contribution in [1.82, 2.24) is 0 Å². The number of nitrogens with two attached hydrogens (primary N) is 1. The molecule has 2 rings (SSSR count). The molecule has 0 radical (unpaired) electrons. The average Bonchev–Trinajstić information content (AvgIpc) is 2.44. The number of aryl methyl sites for hydroxylation is 1.